The summed E-state index contributed by atoms with van der Waals surface area (Å²) in [6.45, 7) is 5.20. The van der Waals surface area contributed by atoms with Crippen molar-refractivity contribution < 1.29 is 4.79 Å². The third-order valence-electron chi connectivity index (χ3n) is 3.91. The van der Waals surface area contributed by atoms with Gasteiger partial charge in [0.25, 0.3) is 5.91 Å². The quantitative estimate of drug-likeness (QED) is 0.872. The van der Waals surface area contributed by atoms with Gasteiger partial charge in [-0.05, 0) is 37.8 Å². The first kappa shape index (κ1) is 12.9. The number of hydrogen-bond acceptors (Lipinski definition) is 3. The second-order valence-electron chi connectivity index (χ2n) is 5.01. The molecule has 0 radical (unpaired) electrons. The Hall–Kier alpha value is -1.58. The van der Waals surface area contributed by atoms with Crippen LogP contribution in [0.25, 0.3) is 0 Å². The average molecular weight is 247 g/mol. The summed E-state index contributed by atoms with van der Waals surface area (Å²) in [7, 11) is 1.79. The van der Waals surface area contributed by atoms with E-state index in [0.29, 0.717) is 23.3 Å². The lowest BCUT2D eigenvalue weighted by atomic mass is 9.91. The first-order valence-corrected chi connectivity index (χ1v) is 6.59. The summed E-state index contributed by atoms with van der Waals surface area (Å²) >= 11 is 0. The molecular formula is C14H21N3O. The molecule has 0 saturated carbocycles. The van der Waals surface area contributed by atoms with E-state index in [2.05, 4.69) is 24.1 Å². The number of piperidine rings is 1. The van der Waals surface area contributed by atoms with Crippen LogP contribution in [0.1, 0.15) is 37.0 Å². The molecule has 4 nitrogen and oxygen atoms in total. The lowest BCUT2D eigenvalue weighted by Crippen LogP contribution is -2.46. The molecule has 0 aliphatic carbocycles. The number of rotatable bonds is 2. The SMILES string of the molecule is CNc1ncccc1C(=O)N1CCCC(C)C1C. The number of aromatic nitrogens is 1. The van der Waals surface area contributed by atoms with Gasteiger partial charge in [-0.3, -0.25) is 4.79 Å². The average Bonchev–Trinajstić information content (AvgIpc) is 2.41. The lowest BCUT2D eigenvalue weighted by molar-refractivity contribution is 0.0551. The fraction of sp³-hybridized carbons (Fsp3) is 0.571. The van der Waals surface area contributed by atoms with Crippen molar-refractivity contribution in [3.63, 3.8) is 0 Å². The van der Waals surface area contributed by atoms with Crippen molar-refractivity contribution in [3.8, 4) is 0 Å². The summed E-state index contributed by atoms with van der Waals surface area (Å²) < 4.78 is 0. The van der Waals surface area contributed by atoms with Gasteiger partial charge in [0.2, 0.25) is 0 Å². The number of nitrogens with one attached hydrogen (secondary N) is 1. The Morgan fingerprint density at radius 3 is 3.00 bits per heavy atom. The number of pyridine rings is 1. The van der Waals surface area contributed by atoms with Gasteiger partial charge in [-0.1, -0.05) is 6.92 Å². The zero-order valence-electron chi connectivity index (χ0n) is 11.3. The first-order valence-electron chi connectivity index (χ1n) is 6.59. The molecule has 1 aromatic rings. The number of carbonyl (C=O) groups excluding carboxylic acids is 1. The van der Waals surface area contributed by atoms with Crippen molar-refractivity contribution in [2.45, 2.75) is 32.7 Å². The van der Waals surface area contributed by atoms with Crippen molar-refractivity contribution in [1.82, 2.24) is 9.88 Å². The van der Waals surface area contributed by atoms with E-state index < -0.39 is 0 Å². The number of likely N-dealkylation sites (tertiary alicyclic amines) is 1. The van der Waals surface area contributed by atoms with Crippen LogP contribution in [0.15, 0.2) is 18.3 Å². The molecule has 2 unspecified atom stereocenters. The smallest absolute Gasteiger partial charge is 0.257 e. The van der Waals surface area contributed by atoms with E-state index in [0.717, 1.165) is 13.0 Å². The van der Waals surface area contributed by atoms with Crippen LogP contribution >= 0.6 is 0 Å². The van der Waals surface area contributed by atoms with Crippen LogP contribution in [0.5, 0.6) is 0 Å². The molecule has 1 fully saturated rings. The van der Waals surface area contributed by atoms with E-state index in [1.54, 1.807) is 13.2 Å². The van der Waals surface area contributed by atoms with Crippen LogP contribution in [0.2, 0.25) is 0 Å². The molecule has 4 heteroatoms. The molecule has 1 aromatic heterocycles. The molecular weight excluding hydrogens is 226 g/mol. The Labute approximate surface area is 108 Å². The van der Waals surface area contributed by atoms with Crippen molar-refractivity contribution >= 4 is 11.7 Å². The van der Waals surface area contributed by atoms with Crippen LogP contribution in [0, 0.1) is 5.92 Å². The summed E-state index contributed by atoms with van der Waals surface area (Å²) in [4.78, 5) is 18.8. The highest BCUT2D eigenvalue weighted by molar-refractivity contribution is 5.98. The third-order valence-corrected chi connectivity index (χ3v) is 3.91. The molecule has 18 heavy (non-hydrogen) atoms. The largest absolute Gasteiger partial charge is 0.372 e. The number of hydrogen-bond donors (Lipinski definition) is 1. The molecule has 0 spiro atoms. The Balaban J connectivity index is 2.25. The molecule has 2 atom stereocenters. The highest BCUT2D eigenvalue weighted by Gasteiger charge is 2.30. The van der Waals surface area contributed by atoms with Crippen molar-refractivity contribution in [3.05, 3.63) is 23.9 Å². The molecule has 1 aliphatic rings. The number of anilines is 1. The van der Waals surface area contributed by atoms with Crippen molar-refractivity contribution in [2.24, 2.45) is 5.92 Å². The Morgan fingerprint density at radius 1 is 1.50 bits per heavy atom. The van der Waals surface area contributed by atoms with Gasteiger partial charge >= 0.3 is 0 Å². The Kier molecular flexibility index (Phi) is 3.84. The van der Waals surface area contributed by atoms with E-state index >= 15 is 0 Å². The van der Waals surface area contributed by atoms with Gasteiger partial charge < -0.3 is 10.2 Å². The predicted molar refractivity (Wildman–Crippen MR) is 72.7 cm³/mol. The van der Waals surface area contributed by atoms with E-state index in [1.807, 2.05) is 17.0 Å². The molecule has 2 heterocycles. The molecule has 2 rings (SSSR count). The van der Waals surface area contributed by atoms with E-state index in [-0.39, 0.29) is 5.91 Å². The zero-order chi connectivity index (χ0) is 13.1. The first-order chi connectivity index (χ1) is 8.65. The molecule has 0 aromatic carbocycles. The van der Waals surface area contributed by atoms with Crippen LogP contribution < -0.4 is 5.32 Å². The maximum atomic E-state index is 12.6. The van der Waals surface area contributed by atoms with Gasteiger partial charge in [-0.2, -0.15) is 0 Å². The second-order valence-corrected chi connectivity index (χ2v) is 5.01. The minimum absolute atomic E-state index is 0.0894. The molecule has 98 valence electrons. The highest BCUT2D eigenvalue weighted by atomic mass is 16.2. The van der Waals surface area contributed by atoms with Crippen molar-refractivity contribution in [1.29, 1.82) is 0 Å². The molecule has 0 bridgehead atoms. The summed E-state index contributed by atoms with van der Waals surface area (Å²) in [6, 6.07) is 3.95. The summed E-state index contributed by atoms with van der Waals surface area (Å²) in [5, 5.41) is 2.98. The zero-order valence-corrected chi connectivity index (χ0v) is 11.3. The minimum Gasteiger partial charge on any atom is -0.372 e. The predicted octanol–water partition coefficient (Wildman–Crippen LogP) is 2.38. The normalized spacial score (nSPS) is 23.8. The van der Waals surface area contributed by atoms with Crippen LogP contribution in [-0.2, 0) is 0 Å². The van der Waals surface area contributed by atoms with E-state index in [9.17, 15) is 4.79 Å². The van der Waals surface area contributed by atoms with E-state index in [4.69, 9.17) is 0 Å². The van der Waals surface area contributed by atoms with Gasteiger partial charge in [0.1, 0.15) is 5.82 Å². The summed E-state index contributed by atoms with van der Waals surface area (Å²) in [5.41, 5.74) is 0.668. The summed E-state index contributed by atoms with van der Waals surface area (Å²) in [6.07, 6.45) is 3.99. The second kappa shape index (κ2) is 5.38. The highest BCUT2D eigenvalue weighted by Crippen LogP contribution is 2.25. The fourth-order valence-corrected chi connectivity index (χ4v) is 2.55. The minimum atomic E-state index is 0.0894. The van der Waals surface area contributed by atoms with Gasteiger partial charge in [-0.15, -0.1) is 0 Å². The third kappa shape index (κ3) is 2.33. The van der Waals surface area contributed by atoms with Crippen LogP contribution in [-0.4, -0.2) is 35.4 Å². The Morgan fingerprint density at radius 2 is 2.28 bits per heavy atom. The van der Waals surface area contributed by atoms with Gasteiger partial charge in [0, 0.05) is 25.8 Å². The fourth-order valence-electron chi connectivity index (χ4n) is 2.55. The van der Waals surface area contributed by atoms with E-state index in [1.165, 1.54) is 6.42 Å². The number of carbonyl (C=O) groups is 1. The van der Waals surface area contributed by atoms with Gasteiger partial charge in [0.15, 0.2) is 0 Å². The maximum absolute atomic E-state index is 12.6. The topological polar surface area (TPSA) is 45.2 Å². The summed E-state index contributed by atoms with van der Waals surface area (Å²) in [5.74, 6) is 1.32. The molecule has 1 aliphatic heterocycles. The van der Waals surface area contributed by atoms with Crippen LogP contribution in [0.4, 0.5) is 5.82 Å². The van der Waals surface area contributed by atoms with Crippen LogP contribution in [0.3, 0.4) is 0 Å². The Bertz CT molecular complexity index is 433. The monoisotopic (exact) mass is 247 g/mol. The standard InChI is InChI=1S/C14H21N3O/c1-10-6-5-9-17(11(10)2)14(18)12-7-4-8-16-13(12)15-3/h4,7-8,10-11H,5-6,9H2,1-3H3,(H,15,16). The molecule has 1 N–H and O–H groups in total. The lowest BCUT2D eigenvalue weighted by Gasteiger charge is -2.38. The van der Waals surface area contributed by atoms with Crippen molar-refractivity contribution in [2.75, 3.05) is 18.9 Å². The molecule has 1 saturated heterocycles. The van der Waals surface area contributed by atoms with Gasteiger partial charge in [0.05, 0.1) is 5.56 Å². The number of amides is 1. The van der Waals surface area contributed by atoms with Gasteiger partial charge in [-0.25, -0.2) is 4.98 Å². The molecule has 1 amide bonds. The maximum Gasteiger partial charge on any atom is 0.257 e. The number of nitrogens with zero attached hydrogens (tertiary/aromatic N) is 2.